The number of nitrogens with one attached hydrogen (secondary N) is 3. The Balaban J connectivity index is 1.82. The molecule has 1 aromatic carbocycles. The molecule has 1 aromatic rings. The quantitative estimate of drug-likeness (QED) is 0.544. The number of imide groups is 1. The lowest BCUT2D eigenvalue weighted by molar-refractivity contribution is -0.897. The van der Waals surface area contributed by atoms with Crippen LogP contribution in [0.2, 0.25) is 0 Å². The fourth-order valence-electron chi connectivity index (χ4n) is 3.29. The maximum atomic E-state index is 12.2. The van der Waals surface area contributed by atoms with Gasteiger partial charge in [0.15, 0.2) is 18.0 Å². The van der Waals surface area contributed by atoms with E-state index in [0.29, 0.717) is 56.3 Å². The molecule has 1 aliphatic rings. The van der Waals surface area contributed by atoms with Crippen molar-refractivity contribution in [1.29, 1.82) is 0 Å². The van der Waals surface area contributed by atoms with E-state index in [2.05, 4.69) is 10.6 Å². The van der Waals surface area contributed by atoms with Gasteiger partial charge in [0.1, 0.15) is 0 Å². The second-order valence-corrected chi connectivity index (χ2v) is 6.75. The number of hydrogen-bond donors (Lipinski definition) is 3. The van der Waals surface area contributed by atoms with Gasteiger partial charge in [-0.3, -0.25) is 14.9 Å². The molecule has 0 unspecified atom stereocenters. The number of likely N-dealkylation sites (tertiary alicyclic amines) is 1. The average Bonchev–Trinajstić information content (AvgIpc) is 2.70. The molecule has 1 saturated heterocycles. The van der Waals surface area contributed by atoms with E-state index in [1.54, 1.807) is 18.2 Å². The molecule has 1 aliphatic heterocycles. The van der Waals surface area contributed by atoms with E-state index in [-0.39, 0.29) is 24.3 Å². The van der Waals surface area contributed by atoms with Gasteiger partial charge in [-0.1, -0.05) is 0 Å². The summed E-state index contributed by atoms with van der Waals surface area (Å²) in [6.07, 6.45) is 1.35. The lowest BCUT2D eigenvalue weighted by atomic mass is 9.97. The number of piperidine rings is 1. The largest absolute Gasteiger partial charge is 0.490 e. The highest BCUT2D eigenvalue weighted by Crippen LogP contribution is 2.30. The van der Waals surface area contributed by atoms with E-state index < -0.39 is 6.03 Å². The molecule has 0 saturated carbocycles. The number of rotatable bonds is 8. The molecule has 0 aliphatic carbocycles. The Morgan fingerprint density at radius 3 is 2.34 bits per heavy atom. The average molecular weight is 408 g/mol. The van der Waals surface area contributed by atoms with Crippen LogP contribution in [-0.2, 0) is 14.3 Å². The molecule has 1 heterocycles. The Kier molecular flexibility index (Phi) is 8.72. The SMILES string of the molecule is CCOc1ccc(NC(=O)NC(=O)C[NH+]2CCC(C(=O)OC)CC2)cc1OCC. The lowest BCUT2D eigenvalue weighted by Gasteiger charge is -2.27. The summed E-state index contributed by atoms with van der Waals surface area (Å²) < 4.78 is 15.8. The van der Waals surface area contributed by atoms with Crippen LogP contribution in [0.4, 0.5) is 10.5 Å². The minimum Gasteiger partial charge on any atom is -0.490 e. The zero-order chi connectivity index (χ0) is 21.2. The number of anilines is 1. The van der Waals surface area contributed by atoms with Crippen LogP contribution in [-0.4, -0.2) is 57.9 Å². The lowest BCUT2D eigenvalue weighted by Crippen LogP contribution is -3.14. The molecule has 0 bridgehead atoms. The van der Waals surface area contributed by atoms with Crippen LogP contribution >= 0.6 is 0 Å². The molecular weight excluding hydrogens is 378 g/mol. The summed E-state index contributed by atoms with van der Waals surface area (Å²) in [6.45, 7) is 6.24. The normalized spacial score (nSPS) is 18.4. The number of quaternary nitrogens is 1. The van der Waals surface area contributed by atoms with Gasteiger partial charge in [-0.2, -0.15) is 0 Å². The smallest absolute Gasteiger partial charge is 0.326 e. The van der Waals surface area contributed by atoms with Crippen molar-refractivity contribution in [3.63, 3.8) is 0 Å². The van der Waals surface area contributed by atoms with Gasteiger partial charge >= 0.3 is 12.0 Å². The first-order chi connectivity index (χ1) is 14.0. The monoisotopic (exact) mass is 408 g/mol. The molecule has 3 N–H and O–H groups in total. The van der Waals surface area contributed by atoms with Crippen molar-refractivity contribution in [3.05, 3.63) is 18.2 Å². The molecule has 9 heteroatoms. The van der Waals surface area contributed by atoms with Crippen LogP contribution in [0.3, 0.4) is 0 Å². The van der Waals surface area contributed by atoms with Crippen LogP contribution in [0.15, 0.2) is 18.2 Å². The van der Waals surface area contributed by atoms with Crippen molar-refractivity contribution in [2.24, 2.45) is 5.92 Å². The van der Waals surface area contributed by atoms with Gasteiger partial charge in [-0.25, -0.2) is 4.79 Å². The number of methoxy groups -OCH3 is 1. The number of ether oxygens (including phenoxy) is 3. The molecule has 0 aromatic heterocycles. The molecule has 2 rings (SSSR count). The number of hydrogen-bond acceptors (Lipinski definition) is 6. The Bertz CT molecular complexity index is 716. The van der Waals surface area contributed by atoms with E-state index in [1.807, 2.05) is 13.8 Å². The highest BCUT2D eigenvalue weighted by Gasteiger charge is 2.29. The van der Waals surface area contributed by atoms with E-state index >= 15 is 0 Å². The van der Waals surface area contributed by atoms with Crippen molar-refractivity contribution < 1.29 is 33.5 Å². The maximum absolute atomic E-state index is 12.2. The molecular formula is C20H30N3O6+. The third-order valence-electron chi connectivity index (χ3n) is 4.69. The summed E-state index contributed by atoms with van der Waals surface area (Å²) in [5.74, 6) is 0.445. The molecule has 29 heavy (non-hydrogen) atoms. The minimum absolute atomic E-state index is 0.102. The van der Waals surface area contributed by atoms with E-state index in [4.69, 9.17) is 14.2 Å². The number of carbonyl (C=O) groups is 3. The Morgan fingerprint density at radius 1 is 1.07 bits per heavy atom. The van der Waals surface area contributed by atoms with Crippen LogP contribution < -0.4 is 25.0 Å². The topological polar surface area (TPSA) is 107 Å². The standard InChI is InChI=1S/C20H29N3O6/c1-4-28-16-7-6-15(12-17(16)29-5-2)21-20(26)22-18(24)13-23-10-8-14(9-11-23)19(25)27-3/h6-7,12,14H,4-5,8-11,13H2,1-3H3,(H2,21,22,24,26)/p+1. The minimum atomic E-state index is -0.606. The third-order valence-corrected chi connectivity index (χ3v) is 4.69. The zero-order valence-corrected chi connectivity index (χ0v) is 17.2. The number of benzene rings is 1. The van der Waals surface area contributed by atoms with E-state index in [1.165, 1.54) is 7.11 Å². The van der Waals surface area contributed by atoms with Gasteiger partial charge in [0.2, 0.25) is 0 Å². The van der Waals surface area contributed by atoms with Gasteiger partial charge < -0.3 is 24.4 Å². The molecule has 3 amide bonds. The number of esters is 1. The number of carbonyl (C=O) groups excluding carboxylic acids is 3. The number of urea groups is 1. The number of amides is 3. The molecule has 160 valence electrons. The molecule has 1 fully saturated rings. The fraction of sp³-hybridized carbons (Fsp3) is 0.550. The van der Waals surface area contributed by atoms with Crippen molar-refractivity contribution in [2.45, 2.75) is 26.7 Å². The summed E-state index contributed by atoms with van der Waals surface area (Å²) in [4.78, 5) is 36.9. The van der Waals surface area contributed by atoms with Crippen molar-refractivity contribution in [3.8, 4) is 11.5 Å². The van der Waals surface area contributed by atoms with Crippen LogP contribution in [0, 0.1) is 5.92 Å². The van der Waals surface area contributed by atoms with Crippen LogP contribution in [0.5, 0.6) is 11.5 Å². The fourth-order valence-corrected chi connectivity index (χ4v) is 3.29. The Morgan fingerprint density at radius 2 is 1.72 bits per heavy atom. The summed E-state index contributed by atoms with van der Waals surface area (Å²) in [6, 6.07) is 4.44. The van der Waals surface area contributed by atoms with Gasteiger partial charge in [0.05, 0.1) is 39.3 Å². The van der Waals surface area contributed by atoms with Gasteiger partial charge in [0, 0.05) is 24.6 Å². The maximum Gasteiger partial charge on any atom is 0.326 e. The van der Waals surface area contributed by atoms with Crippen molar-refractivity contribution in [1.82, 2.24) is 5.32 Å². The van der Waals surface area contributed by atoms with Crippen molar-refractivity contribution >= 4 is 23.6 Å². The van der Waals surface area contributed by atoms with E-state index in [9.17, 15) is 14.4 Å². The van der Waals surface area contributed by atoms with Crippen molar-refractivity contribution in [2.75, 3.05) is 45.3 Å². The van der Waals surface area contributed by atoms with Crippen LogP contribution in [0.1, 0.15) is 26.7 Å². The zero-order valence-electron chi connectivity index (χ0n) is 17.2. The second kappa shape index (κ2) is 11.3. The van der Waals surface area contributed by atoms with Gasteiger partial charge in [-0.05, 0) is 26.0 Å². The highest BCUT2D eigenvalue weighted by atomic mass is 16.5. The molecule has 0 spiro atoms. The molecule has 0 atom stereocenters. The third kappa shape index (κ3) is 6.94. The van der Waals surface area contributed by atoms with E-state index in [0.717, 1.165) is 4.90 Å². The summed E-state index contributed by atoms with van der Waals surface area (Å²) >= 11 is 0. The predicted octanol–water partition coefficient (Wildman–Crippen LogP) is 0.600. The summed E-state index contributed by atoms with van der Waals surface area (Å²) in [5.41, 5.74) is 0.494. The summed E-state index contributed by atoms with van der Waals surface area (Å²) in [7, 11) is 1.38. The second-order valence-electron chi connectivity index (χ2n) is 6.75. The Hall–Kier alpha value is -2.81. The Labute approximate surface area is 170 Å². The first-order valence-electron chi connectivity index (χ1n) is 9.88. The first-order valence-corrected chi connectivity index (χ1v) is 9.88. The first kappa shape index (κ1) is 22.5. The molecule has 0 radical (unpaired) electrons. The highest BCUT2D eigenvalue weighted by molar-refractivity contribution is 6.01. The predicted molar refractivity (Wildman–Crippen MR) is 106 cm³/mol. The van der Waals surface area contributed by atoms with Gasteiger partial charge in [0.25, 0.3) is 5.91 Å². The van der Waals surface area contributed by atoms with Crippen LogP contribution in [0.25, 0.3) is 0 Å². The summed E-state index contributed by atoms with van der Waals surface area (Å²) in [5, 5.41) is 4.97. The molecule has 9 nitrogen and oxygen atoms in total. The van der Waals surface area contributed by atoms with Gasteiger partial charge in [-0.15, -0.1) is 0 Å².